The fraction of sp³-hybridized carbons (Fsp3) is 0.125. The van der Waals surface area contributed by atoms with E-state index in [1.165, 1.54) is 17.4 Å². The maximum Gasteiger partial charge on any atom is 0.248 e. The minimum Gasteiger partial charge on any atom is -0.314 e. The Bertz CT molecular complexity index is 277. The van der Waals surface area contributed by atoms with E-state index in [0.29, 0.717) is 0 Å². The molecule has 0 bridgehead atoms. The summed E-state index contributed by atoms with van der Waals surface area (Å²) in [5.41, 5.74) is 1.09. The monoisotopic (exact) mass is 167 g/mol. The molecule has 0 radical (unpaired) electrons. The van der Waals surface area contributed by atoms with Crippen LogP contribution < -0.4 is 5.32 Å². The number of nitrogens with one attached hydrogen (secondary N) is 1. The number of amides is 1. The summed E-state index contributed by atoms with van der Waals surface area (Å²) in [4.78, 5) is 10.8. The van der Waals surface area contributed by atoms with Gasteiger partial charge in [-0.3, -0.25) is 4.79 Å². The number of carbonyl (C=O) groups excluding carboxylic acids is 1. The van der Waals surface area contributed by atoms with Crippen molar-refractivity contribution in [2.24, 2.45) is 0 Å². The highest BCUT2D eigenvalue weighted by Gasteiger charge is 2.00. The van der Waals surface area contributed by atoms with Crippen molar-refractivity contribution in [3.05, 3.63) is 29.7 Å². The molecular formula is C8H9NOS. The van der Waals surface area contributed by atoms with E-state index in [1.807, 2.05) is 18.4 Å². The molecule has 1 rings (SSSR count). The molecule has 2 nitrogen and oxygen atoms in total. The van der Waals surface area contributed by atoms with Crippen molar-refractivity contribution in [1.29, 1.82) is 0 Å². The van der Waals surface area contributed by atoms with Crippen molar-refractivity contribution < 1.29 is 4.79 Å². The molecule has 0 saturated carbocycles. The number of hydrogen-bond acceptors (Lipinski definition) is 2. The maximum absolute atomic E-state index is 10.8. The van der Waals surface area contributed by atoms with Crippen LogP contribution in [0.4, 0.5) is 5.00 Å². The van der Waals surface area contributed by atoms with Gasteiger partial charge in [0, 0.05) is 0 Å². The Hall–Kier alpha value is -1.09. The van der Waals surface area contributed by atoms with E-state index >= 15 is 0 Å². The molecule has 0 aliphatic rings. The summed E-state index contributed by atoms with van der Waals surface area (Å²) in [6.45, 7) is 5.32. The van der Waals surface area contributed by atoms with Crippen LogP contribution in [0.5, 0.6) is 0 Å². The Kier molecular flexibility index (Phi) is 2.44. The van der Waals surface area contributed by atoms with Crippen LogP contribution in [0.2, 0.25) is 0 Å². The SMILES string of the molecule is C=CC(=O)Nc1sccc1C. The second-order valence-electron chi connectivity index (χ2n) is 2.13. The Balaban J connectivity index is 2.71. The molecule has 1 aromatic rings. The summed E-state index contributed by atoms with van der Waals surface area (Å²) in [7, 11) is 0. The lowest BCUT2D eigenvalue weighted by Crippen LogP contribution is -2.06. The minimum atomic E-state index is -0.157. The lowest BCUT2D eigenvalue weighted by atomic mass is 10.3. The van der Waals surface area contributed by atoms with Gasteiger partial charge < -0.3 is 5.32 Å². The van der Waals surface area contributed by atoms with Gasteiger partial charge in [-0.05, 0) is 30.0 Å². The highest BCUT2D eigenvalue weighted by atomic mass is 32.1. The molecule has 0 aliphatic carbocycles. The normalized spacial score (nSPS) is 9.18. The summed E-state index contributed by atoms with van der Waals surface area (Å²) in [5, 5.41) is 5.54. The molecule has 0 aliphatic heterocycles. The maximum atomic E-state index is 10.8. The number of aryl methyl sites for hydroxylation is 1. The fourth-order valence-electron chi connectivity index (χ4n) is 0.664. The van der Waals surface area contributed by atoms with Gasteiger partial charge in [-0.15, -0.1) is 11.3 Å². The molecule has 1 aromatic heterocycles. The zero-order chi connectivity index (χ0) is 8.27. The van der Waals surface area contributed by atoms with Crippen molar-refractivity contribution in [2.75, 3.05) is 5.32 Å². The number of anilines is 1. The van der Waals surface area contributed by atoms with Crippen LogP contribution in [-0.4, -0.2) is 5.91 Å². The summed E-state index contributed by atoms with van der Waals surface area (Å²) in [5.74, 6) is -0.157. The van der Waals surface area contributed by atoms with Crippen LogP contribution in [0.25, 0.3) is 0 Å². The van der Waals surface area contributed by atoms with Gasteiger partial charge in [0.05, 0.1) is 5.00 Å². The van der Waals surface area contributed by atoms with Crippen molar-refractivity contribution in [3.8, 4) is 0 Å². The molecule has 58 valence electrons. The van der Waals surface area contributed by atoms with Gasteiger partial charge in [0.25, 0.3) is 0 Å². The zero-order valence-corrected chi connectivity index (χ0v) is 7.07. The highest BCUT2D eigenvalue weighted by Crippen LogP contribution is 2.21. The van der Waals surface area contributed by atoms with Crippen molar-refractivity contribution in [2.45, 2.75) is 6.92 Å². The van der Waals surface area contributed by atoms with Crippen LogP contribution in [0.15, 0.2) is 24.1 Å². The second kappa shape index (κ2) is 3.34. The fourth-order valence-corrected chi connectivity index (χ4v) is 1.49. The second-order valence-corrected chi connectivity index (χ2v) is 3.04. The van der Waals surface area contributed by atoms with Gasteiger partial charge in [0.1, 0.15) is 0 Å². The van der Waals surface area contributed by atoms with Crippen LogP contribution in [0, 0.1) is 6.92 Å². The van der Waals surface area contributed by atoms with Gasteiger partial charge in [-0.25, -0.2) is 0 Å². The van der Waals surface area contributed by atoms with E-state index in [9.17, 15) is 4.79 Å². The average Bonchev–Trinajstić information content (AvgIpc) is 2.37. The lowest BCUT2D eigenvalue weighted by Gasteiger charge is -1.97. The largest absolute Gasteiger partial charge is 0.314 e. The first-order valence-electron chi connectivity index (χ1n) is 3.21. The van der Waals surface area contributed by atoms with Gasteiger partial charge >= 0.3 is 0 Å². The Labute approximate surface area is 69.6 Å². The average molecular weight is 167 g/mol. The number of thiophene rings is 1. The molecule has 11 heavy (non-hydrogen) atoms. The van der Waals surface area contributed by atoms with Crippen LogP contribution >= 0.6 is 11.3 Å². The molecule has 1 N–H and O–H groups in total. The first kappa shape index (κ1) is 8.01. The van der Waals surface area contributed by atoms with E-state index < -0.39 is 0 Å². The third kappa shape index (κ3) is 1.91. The third-order valence-electron chi connectivity index (χ3n) is 1.28. The molecule has 3 heteroatoms. The van der Waals surface area contributed by atoms with Crippen LogP contribution in [-0.2, 0) is 4.79 Å². The van der Waals surface area contributed by atoms with Crippen molar-refractivity contribution in [1.82, 2.24) is 0 Å². The molecule has 0 saturated heterocycles. The molecule has 0 atom stereocenters. The van der Waals surface area contributed by atoms with E-state index in [1.54, 1.807) is 0 Å². The van der Waals surface area contributed by atoms with Crippen molar-refractivity contribution >= 4 is 22.2 Å². The molecular weight excluding hydrogens is 158 g/mol. The molecule has 1 amide bonds. The standard InChI is InChI=1S/C8H9NOS/c1-3-7(10)9-8-6(2)4-5-11-8/h3-5H,1H2,2H3,(H,9,10). The Morgan fingerprint density at radius 1 is 1.82 bits per heavy atom. The zero-order valence-electron chi connectivity index (χ0n) is 6.26. The van der Waals surface area contributed by atoms with E-state index in [4.69, 9.17) is 0 Å². The van der Waals surface area contributed by atoms with Gasteiger partial charge in [0.2, 0.25) is 5.91 Å². The van der Waals surface area contributed by atoms with Crippen molar-refractivity contribution in [3.63, 3.8) is 0 Å². The predicted molar refractivity (Wildman–Crippen MR) is 47.9 cm³/mol. The molecule has 0 fully saturated rings. The van der Waals surface area contributed by atoms with Gasteiger partial charge in [-0.1, -0.05) is 6.58 Å². The van der Waals surface area contributed by atoms with E-state index in [0.717, 1.165) is 10.6 Å². The van der Waals surface area contributed by atoms with Gasteiger partial charge in [0.15, 0.2) is 0 Å². The van der Waals surface area contributed by atoms with Gasteiger partial charge in [-0.2, -0.15) is 0 Å². The number of rotatable bonds is 2. The summed E-state index contributed by atoms with van der Waals surface area (Å²) < 4.78 is 0. The Morgan fingerprint density at radius 3 is 3.00 bits per heavy atom. The van der Waals surface area contributed by atoms with Crippen LogP contribution in [0.3, 0.4) is 0 Å². The molecule has 1 heterocycles. The van der Waals surface area contributed by atoms with Crippen LogP contribution in [0.1, 0.15) is 5.56 Å². The third-order valence-corrected chi connectivity index (χ3v) is 2.22. The minimum absolute atomic E-state index is 0.157. The first-order chi connectivity index (χ1) is 5.24. The highest BCUT2D eigenvalue weighted by molar-refractivity contribution is 7.14. The molecule has 0 spiro atoms. The smallest absolute Gasteiger partial charge is 0.248 e. The molecule has 0 unspecified atom stereocenters. The van der Waals surface area contributed by atoms with E-state index in [2.05, 4.69) is 11.9 Å². The summed E-state index contributed by atoms with van der Waals surface area (Å²) >= 11 is 1.51. The quantitative estimate of drug-likeness (QED) is 0.672. The molecule has 0 aromatic carbocycles. The number of carbonyl (C=O) groups is 1. The number of hydrogen-bond donors (Lipinski definition) is 1. The summed E-state index contributed by atoms with van der Waals surface area (Å²) in [6, 6.07) is 1.96. The Morgan fingerprint density at radius 2 is 2.55 bits per heavy atom. The topological polar surface area (TPSA) is 29.1 Å². The first-order valence-corrected chi connectivity index (χ1v) is 4.09. The van der Waals surface area contributed by atoms with E-state index in [-0.39, 0.29) is 5.91 Å². The summed E-state index contributed by atoms with van der Waals surface area (Å²) in [6.07, 6.45) is 1.26. The predicted octanol–water partition coefficient (Wildman–Crippen LogP) is 2.18. The lowest BCUT2D eigenvalue weighted by molar-refractivity contribution is -0.111.